The molecule has 0 spiro atoms. The van der Waals surface area contributed by atoms with Crippen LogP contribution in [0.25, 0.3) is 11.4 Å². The first kappa shape index (κ1) is 55.8. The molecule has 12 heteroatoms. The van der Waals surface area contributed by atoms with E-state index < -0.39 is 0 Å². The molecule has 0 aliphatic rings. The van der Waals surface area contributed by atoms with Gasteiger partial charge in [0.05, 0.1) is 17.2 Å². The molecule has 0 amide bonds. The number of allylic oxidation sites excluding steroid dienone is 1. The average Bonchev–Trinajstić information content (AvgIpc) is 3.00. The predicted octanol–water partition coefficient (Wildman–Crippen LogP) is 4.13. The summed E-state index contributed by atoms with van der Waals surface area (Å²) in [5.74, 6) is 0.972. The van der Waals surface area contributed by atoms with Gasteiger partial charge in [0.1, 0.15) is 11.5 Å². The Labute approximate surface area is 343 Å². The van der Waals surface area contributed by atoms with Gasteiger partial charge in [0.25, 0.3) is 0 Å². The topological polar surface area (TPSA) is 165 Å². The minimum absolute atomic E-state index is 0. The van der Waals surface area contributed by atoms with E-state index in [0.717, 1.165) is 22.8 Å². The van der Waals surface area contributed by atoms with Crippen molar-refractivity contribution in [2.45, 2.75) is 113 Å². The second-order valence-corrected chi connectivity index (χ2v) is 15.6. The van der Waals surface area contributed by atoms with E-state index in [2.05, 4.69) is 107 Å². The maximum absolute atomic E-state index is 11.8. The summed E-state index contributed by atoms with van der Waals surface area (Å²) < 4.78 is 0. The smallest absolute Gasteiger partial charge is 0.855 e. The van der Waals surface area contributed by atoms with E-state index in [1.807, 2.05) is 53.3 Å². The zero-order valence-corrected chi connectivity index (χ0v) is 37.8. The Hall–Kier alpha value is -2.91. The summed E-state index contributed by atoms with van der Waals surface area (Å²) in [5.41, 5.74) is 9.41. The number of ketones is 1. The van der Waals surface area contributed by atoms with E-state index in [0.29, 0.717) is 5.69 Å². The largest absolute Gasteiger partial charge is 1.00 e. The number of amidine groups is 1. The monoisotopic (exact) mass is 749 g/mol. The minimum Gasteiger partial charge on any atom is -0.855 e. The molecule has 3 aromatic heterocycles. The molecule has 3 heterocycles. The van der Waals surface area contributed by atoms with Crippen LogP contribution >= 0.6 is 12.4 Å². The Morgan fingerprint density at radius 1 is 0.904 bits per heavy atom. The van der Waals surface area contributed by atoms with Crippen molar-refractivity contribution in [3.8, 4) is 11.4 Å². The molecule has 0 radical (unpaired) electrons. The Morgan fingerprint density at radius 2 is 1.38 bits per heavy atom. The number of aliphatic hydroxyl groups is 1. The Bertz CT molecular complexity index is 1410. The van der Waals surface area contributed by atoms with Crippen LogP contribution in [-0.2, 0) is 16.2 Å². The number of carbonyl (C=O) groups excluding carboxylic acids is 1. The van der Waals surface area contributed by atoms with Crippen molar-refractivity contribution < 1.29 is 44.6 Å². The van der Waals surface area contributed by atoms with E-state index in [4.69, 9.17) is 21.4 Å². The van der Waals surface area contributed by atoms with Gasteiger partial charge in [0.15, 0.2) is 0 Å². The number of aromatic nitrogens is 4. The molecule has 0 fully saturated rings. The van der Waals surface area contributed by atoms with E-state index in [-0.39, 0.29) is 88.5 Å². The quantitative estimate of drug-likeness (QED) is 0.117. The first-order valence-corrected chi connectivity index (χ1v) is 16.8. The van der Waals surface area contributed by atoms with Crippen LogP contribution in [0.5, 0.6) is 0 Å². The number of hydrogen-bond acceptors (Lipinski definition) is 9. The van der Waals surface area contributed by atoms with Crippen molar-refractivity contribution in [3.63, 3.8) is 0 Å². The van der Waals surface area contributed by atoms with Crippen LogP contribution in [0.3, 0.4) is 0 Å². The minimum atomic E-state index is -0.139. The van der Waals surface area contributed by atoms with Crippen LogP contribution in [0.1, 0.15) is 124 Å². The van der Waals surface area contributed by atoms with Gasteiger partial charge in [-0.1, -0.05) is 90.0 Å². The fraction of sp³-hybridized carbons (Fsp3) is 0.550. The number of nitrogens with zero attached hydrogens (tertiary/aromatic N) is 5. The van der Waals surface area contributed by atoms with Crippen molar-refractivity contribution in [1.29, 1.82) is 5.41 Å². The Balaban J connectivity index is -0.000000326. The first-order chi connectivity index (χ1) is 22.8. The van der Waals surface area contributed by atoms with Gasteiger partial charge in [-0.2, -0.15) is 4.98 Å². The summed E-state index contributed by atoms with van der Waals surface area (Å²) in [5, 5.41) is 23.4. The molecular formula is C40H65ClN7NaO3. The van der Waals surface area contributed by atoms with Crippen LogP contribution in [0, 0.1) is 23.1 Å². The third-order valence-electron chi connectivity index (χ3n) is 6.26. The van der Waals surface area contributed by atoms with Crippen LogP contribution in [0.2, 0.25) is 0 Å². The molecule has 4 N–H and O–H groups in total. The molecule has 0 aliphatic heterocycles. The molecule has 0 aliphatic carbocycles. The van der Waals surface area contributed by atoms with Gasteiger partial charge >= 0.3 is 29.6 Å². The van der Waals surface area contributed by atoms with Crippen molar-refractivity contribution in [2.24, 2.45) is 11.1 Å². The van der Waals surface area contributed by atoms with Crippen molar-refractivity contribution in [3.05, 3.63) is 83.8 Å². The zero-order valence-electron chi connectivity index (χ0n) is 35.0. The van der Waals surface area contributed by atoms with E-state index in [1.54, 1.807) is 31.0 Å². The summed E-state index contributed by atoms with van der Waals surface area (Å²) in [4.78, 5) is 31.0. The van der Waals surface area contributed by atoms with Gasteiger partial charge < -0.3 is 20.8 Å². The normalized spacial score (nSPS) is 10.7. The number of rotatable bonds is 4. The third kappa shape index (κ3) is 24.4. The molecule has 0 bridgehead atoms. The molecule has 52 heavy (non-hydrogen) atoms. The van der Waals surface area contributed by atoms with Gasteiger partial charge in [-0.15, -0.1) is 19.0 Å². The van der Waals surface area contributed by atoms with Crippen LogP contribution in [0.4, 0.5) is 0 Å². The maximum atomic E-state index is 11.8. The summed E-state index contributed by atoms with van der Waals surface area (Å²) in [7, 11) is 3.73. The zero-order chi connectivity index (χ0) is 39.5. The van der Waals surface area contributed by atoms with Crippen LogP contribution in [0.15, 0.2) is 48.9 Å². The van der Waals surface area contributed by atoms with Crippen LogP contribution < -0.4 is 40.4 Å². The summed E-state index contributed by atoms with van der Waals surface area (Å²) >= 11 is 0. The number of carbonyl (C=O) groups is 1. The Morgan fingerprint density at radius 3 is 1.79 bits per heavy atom. The van der Waals surface area contributed by atoms with Crippen molar-refractivity contribution >= 4 is 24.0 Å². The number of aliphatic hydroxyl groups excluding tert-OH is 1. The molecule has 286 valence electrons. The molecule has 3 aromatic rings. The third-order valence-corrected chi connectivity index (χ3v) is 6.26. The second-order valence-electron chi connectivity index (χ2n) is 15.6. The summed E-state index contributed by atoms with van der Waals surface area (Å²) in [6.45, 7) is 28.4. The SMILES string of the molecule is CC(C)(C)C(=N)N.CC(C)(C)c1ccnc(-c2ccnc(C(C)(C)C)n2)c1.CCO.CC[O-].CN(C)/C=C/C(=O)c1cc(C(C)(C)C)c#cn1.Cl.[Na+]. The van der Waals surface area contributed by atoms with Gasteiger partial charge in [-0.25, -0.2) is 9.97 Å². The number of halogens is 1. The Kier molecular flexibility index (Phi) is 27.9. The molecule has 3 rings (SSSR count). The maximum Gasteiger partial charge on any atom is 1.00 e. The van der Waals surface area contributed by atoms with Gasteiger partial charge in [-0.05, 0) is 53.6 Å². The van der Waals surface area contributed by atoms with E-state index in [1.165, 1.54) is 11.6 Å². The summed E-state index contributed by atoms with van der Waals surface area (Å²) in [6.07, 6.45) is 9.54. The molecule has 0 atom stereocenters. The van der Waals surface area contributed by atoms with Gasteiger partial charge in [0, 0.05) is 68.0 Å². The van der Waals surface area contributed by atoms with Crippen molar-refractivity contribution in [2.75, 3.05) is 27.3 Å². The fourth-order valence-electron chi connectivity index (χ4n) is 3.09. The molecule has 0 saturated carbocycles. The average molecular weight is 750 g/mol. The number of nitrogens with two attached hydrogens (primary N) is 1. The second kappa shape index (κ2) is 26.0. The predicted molar refractivity (Wildman–Crippen MR) is 212 cm³/mol. The van der Waals surface area contributed by atoms with Crippen molar-refractivity contribution in [1.82, 2.24) is 24.8 Å². The van der Waals surface area contributed by atoms with Crippen LogP contribution in [-0.4, -0.2) is 68.9 Å². The molecule has 0 unspecified atom stereocenters. The fourth-order valence-corrected chi connectivity index (χ4v) is 3.09. The number of pyridine rings is 1. The standard InChI is InChI=1S/C17H23N3.C14H18N2O.C5H12N2.C2H6O.C2H5O.ClH.Na/c1-16(2,3)12-7-9-18-14(11-12)13-8-10-19-15(20-13)17(4,5)6;1-14(2,3)11-6-8-15-12(10-11)13(17)7-9-16(4)5;1-5(2,3)4(6)7;2*1-2-3;;/h7-11H,1-6H3;7,9-10H,1-5H3;1-3H3,(H3,6,7);3H,2H2,1H3;2H2,1H3;1H;/q;;;;-1;;+1/b;9-7+;;;;;. The van der Waals surface area contributed by atoms with Gasteiger partial charge in [-0.3, -0.25) is 15.2 Å². The van der Waals surface area contributed by atoms with E-state index >= 15 is 0 Å². The van der Waals surface area contributed by atoms with E-state index in [9.17, 15) is 4.79 Å². The molecule has 10 nitrogen and oxygen atoms in total. The number of nitrogens with one attached hydrogen (secondary N) is 1. The molecule has 0 saturated heterocycles. The molecular weight excluding hydrogens is 685 g/mol. The van der Waals surface area contributed by atoms with Gasteiger partial charge in [0.2, 0.25) is 5.78 Å². The first-order valence-electron chi connectivity index (χ1n) is 16.8. The molecule has 0 aromatic carbocycles. The number of hydrogen-bond donors (Lipinski definition) is 3. The summed E-state index contributed by atoms with van der Waals surface area (Å²) in [6, 6.07) is 10.8.